The summed E-state index contributed by atoms with van der Waals surface area (Å²) >= 11 is 0. The van der Waals surface area contributed by atoms with Crippen LogP contribution >= 0.6 is 0 Å². The van der Waals surface area contributed by atoms with Crippen molar-refractivity contribution in [2.24, 2.45) is 0 Å². The Morgan fingerprint density at radius 2 is 1.82 bits per heavy atom. The second kappa shape index (κ2) is 7.56. The number of carbonyl (C=O) groups excluding carboxylic acids is 1. The molecule has 2 aromatic heterocycles. The first-order valence-electron chi connectivity index (χ1n) is 9.12. The number of hydrogen-bond acceptors (Lipinski definition) is 3. The minimum atomic E-state index is -0.145. The van der Waals surface area contributed by atoms with Crippen molar-refractivity contribution in [1.29, 1.82) is 0 Å². The maximum absolute atomic E-state index is 12.4. The van der Waals surface area contributed by atoms with Crippen molar-refractivity contribution in [2.45, 2.75) is 20.5 Å². The summed E-state index contributed by atoms with van der Waals surface area (Å²) < 4.78 is 7.81. The molecule has 140 valence electrons. The highest BCUT2D eigenvalue weighted by Crippen LogP contribution is 2.17. The predicted molar refractivity (Wildman–Crippen MR) is 110 cm³/mol. The lowest BCUT2D eigenvalue weighted by atomic mass is 10.2. The van der Waals surface area contributed by atoms with E-state index in [1.165, 1.54) is 5.56 Å². The minimum absolute atomic E-state index is 0.145. The molecule has 0 aliphatic heterocycles. The first-order chi connectivity index (χ1) is 13.6. The van der Waals surface area contributed by atoms with Crippen LogP contribution < -0.4 is 10.1 Å². The number of amides is 1. The lowest BCUT2D eigenvalue weighted by molar-refractivity contribution is 0.102. The lowest BCUT2D eigenvalue weighted by Crippen LogP contribution is -2.11. The van der Waals surface area contributed by atoms with Gasteiger partial charge in [-0.1, -0.05) is 18.2 Å². The molecule has 5 heteroatoms. The first-order valence-corrected chi connectivity index (χ1v) is 9.12. The molecule has 1 amide bonds. The van der Waals surface area contributed by atoms with E-state index in [1.807, 2.05) is 67.0 Å². The molecule has 4 aromatic rings. The van der Waals surface area contributed by atoms with Crippen LogP contribution in [0.4, 0.5) is 5.69 Å². The standard InChI is InChI=1S/C23H21N3O2/c1-16-4-3-5-19(12-16)25-23(27)18-7-9-21(10-8-18)28-15-20-14-26-13-17(2)6-11-22(26)24-20/h3-14H,15H2,1-2H3,(H,25,27). The molecule has 2 heterocycles. The number of aryl methyl sites for hydroxylation is 2. The van der Waals surface area contributed by atoms with Gasteiger partial charge in [0.25, 0.3) is 5.91 Å². The Kier molecular flexibility index (Phi) is 4.81. The second-order valence-electron chi connectivity index (χ2n) is 6.84. The number of nitrogens with one attached hydrogen (secondary N) is 1. The van der Waals surface area contributed by atoms with E-state index in [-0.39, 0.29) is 5.91 Å². The molecule has 0 aliphatic carbocycles. The van der Waals surface area contributed by atoms with E-state index < -0.39 is 0 Å². The molecule has 1 N–H and O–H groups in total. The van der Waals surface area contributed by atoms with E-state index in [2.05, 4.69) is 10.3 Å². The Morgan fingerprint density at radius 1 is 1.00 bits per heavy atom. The number of hydrogen-bond donors (Lipinski definition) is 1. The zero-order valence-corrected chi connectivity index (χ0v) is 15.8. The Hall–Kier alpha value is -3.60. The van der Waals surface area contributed by atoms with E-state index in [1.54, 1.807) is 24.3 Å². The number of fused-ring (bicyclic) bond motifs is 1. The van der Waals surface area contributed by atoms with Crippen LogP contribution in [-0.4, -0.2) is 15.3 Å². The maximum Gasteiger partial charge on any atom is 0.255 e. The van der Waals surface area contributed by atoms with Crippen molar-refractivity contribution in [1.82, 2.24) is 9.38 Å². The molecule has 0 bridgehead atoms. The largest absolute Gasteiger partial charge is 0.487 e. The van der Waals surface area contributed by atoms with Crippen LogP contribution in [0.15, 0.2) is 73.1 Å². The van der Waals surface area contributed by atoms with Crippen molar-refractivity contribution in [3.63, 3.8) is 0 Å². The predicted octanol–water partition coefficient (Wildman–Crippen LogP) is 4.78. The monoisotopic (exact) mass is 371 g/mol. The minimum Gasteiger partial charge on any atom is -0.487 e. The third-order valence-electron chi connectivity index (χ3n) is 4.43. The summed E-state index contributed by atoms with van der Waals surface area (Å²) in [5, 5.41) is 2.90. The number of ether oxygens (including phenoxy) is 1. The van der Waals surface area contributed by atoms with Gasteiger partial charge in [0.05, 0.1) is 5.69 Å². The first kappa shape index (κ1) is 17.8. The molecular formula is C23H21N3O2. The van der Waals surface area contributed by atoms with Crippen LogP contribution in [0.5, 0.6) is 5.75 Å². The van der Waals surface area contributed by atoms with Crippen molar-refractivity contribution in [3.05, 3.63) is 95.4 Å². The topological polar surface area (TPSA) is 55.6 Å². The number of aromatic nitrogens is 2. The third kappa shape index (κ3) is 4.04. The fourth-order valence-corrected chi connectivity index (χ4v) is 3.01. The number of anilines is 1. The van der Waals surface area contributed by atoms with Gasteiger partial charge in [0, 0.05) is 23.6 Å². The van der Waals surface area contributed by atoms with E-state index >= 15 is 0 Å². The number of carbonyl (C=O) groups is 1. The summed E-state index contributed by atoms with van der Waals surface area (Å²) in [6, 6.07) is 18.9. The van der Waals surface area contributed by atoms with E-state index in [4.69, 9.17) is 4.74 Å². The van der Waals surface area contributed by atoms with Gasteiger partial charge in [-0.25, -0.2) is 4.98 Å². The molecule has 0 unspecified atom stereocenters. The normalized spacial score (nSPS) is 10.8. The molecule has 0 radical (unpaired) electrons. The van der Waals surface area contributed by atoms with Gasteiger partial charge in [0.2, 0.25) is 0 Å². The zero-order valence-electron chi connectivity index (χ0n) is 15.8. The van der Waals surface area contributed by atoms with Crippen molar-refractivity contribution in [3.8, 4) is 5.75 Å². The Bertz CT molecular complexity index is 1130. The molecular weight excluding hydrogens is 350 g/mol. The number of pyridine rings is 1. The lowest BCUT2D eigenvalue weighted by Gasteiger charge is -2.08. The maximum atomic E-state index is 12.4. The van der Waals surface area contributed by atoms with Crippen molar-refractivity contribution in [2.75, 3.05) is 5.32 Å². The molecule has 2 aromatic carbocycles. The smallest absolute Gasteiger partial charge is 0.255 e. The van der Waals surface area contributed by atoms with Gasteiger partial charge in [-0.2, -0.15) is 0 Å². The third-order valence-corrected chi connectivity index (χ3v) is 4.43. The summed E-state index contributed by atoms with van der Waals surface area (Å²) in [6.07, 6.45) is 4.00. The average molecular weight is 371 g/mol. The van der Waals surface area contributed by atoms with Gasteiger partial charge >= 0.3 is 0 Å². The molecule has 5 nitrogen and oxygen atoms in total. The van der Waals surface area contributed by atoms with E-state index in [0.717, 1.165) is 22.6 Å². The summed E-state index contributed by atoms with van der Waals surface area (Å²) in [7, 11) is 0. The fraction of sp³-hybridized carbons (Fsp3) is 0.130. The van der Waals surface area contributed by atoms with Crippen LogP contribution in [0.25, 0.3) is 5.65 Å². The Morgan fingerprint density at radius 3 is 2.61 bits per heavy atom. The summed E-state index contributed by atoms with van der Waals surface area (Å²) in [5.41, 5.74) is 5.39. The Balaban J connectivity index is 1.39. The number of benzene rings is 2. The van der Waals surface area contributed by atoms with Crippen LogP contribution in [0, 0.1) is 13.8 Å². The van der Waals surface area contributed by atoms with Crippen LogP contribution in [0.2, 0.25) is 0 Å². The van der Waals surface area contributed by atoms with Gasteiger partial charge < -0.3 is 14.5 Å². The quantitative estimate of drug-likeness (QED) is 0.549. The van der Waals surface area contributed by atoms with Crippen LogP contribution in [-0.2, 0) is 6.61 Å². The van der Waals surface area contributed by atoms with E-state index in [0.29, 0.717) is 17.9 Å². The number of nitrogens with zero attached hydrogens (tertiary/aromatic N) is 2. The van der Waals surface area contributed by atoms with E-state index in [9.17, 15) is 4.79 Å². The molecule has 0 fully saturated rings. The molecule has 0 spiro atoms. The van der Waals surface area contributed by atoms with Gasteiger partial charge in [-0.3, -0.25) is 4.79 Å². The van der Waals surface area contributed by atoms with Gasteiger partial charge in [-0.05, 0) is 67.4 Å². The van der Waals surface area contributed by atoms with Gasteiger partial charge in [-0.15, -0.1) is 0 Å². The SMILES string of the molecule is Cc1cccc(NC(=O)c2ccc(OCc3cn4cc(C)ccc4n3)cc2)c1. The molecule has 0 saturated heterocycles. The molecule has 0 atom stereocenters. The summed E-state index contributed by atoms with van der Waals surface area (Å²) in [4.78, 5) is 16.9. The van der Waals surface area contributed by atoms with Gasteiger partial charge in [0.1, 0.15) is 18.0 Å². The molecule has 0 aliphatic rings. The number of rotatable bonds is 5. The molecule has 28 heavy (non-hydrogen) atoms. The van der Waals surface area contributed by atoms with Gasteiger partial charge in [0.15, 0.2) is 0 Å². The van der Waals surface area contributed by atoms with Crippen LogP contribution in [0.1, 0.15) is 27.2 Å². The fourth-order valence-electron chi connectivity index (χ4n) is 3.01. The zero-order chi connectivity index (χ0) is 19.5. The Labute approximate surface area is 163 Å². The second-order valence-corrected chi connectivity index (χ2v) is 6.84. The summed E-state index contributed by atoms with van der Waals surface area (Å²) in [6.45, 7) is 4.41. The average Bonchev–Trinajstić information content (AvgIpc) is 3.09. The van der Waals surface area contributed by atoms with Crippen molar-refractivity contribution < 1.29 is 9.53 Å². The molecule has 0 saturated carbocycles. The summed E-state index contributed by atoms with van der Waals surface area (Å²) in [5.74, 6) is 0.549. The van der Waals surface area contributed by atoms with Crippen LogP contribution in [0.3, 0.4) is 0 Å². The van der Waals surface area contributed by atoms with Crippen molar-refractivity contribution >= 4 is 17.2 Å². The highest BCUT2D eigenvalue weighted by molar-refractivity contribution is 6.04. The highest BCUT2D eigenvalue weighted by atomic mass is 16.5. The number of imidazole rings is 1. The molecule has 4 rings (SSSR count). The highest BCUT2D eigenvalue weighted by Gasteiger charge is 2.07.